The molecule has 104 valence electrons. The zero-order valence-corrected chi connectivity index (χ0v) is 12.8. The second-order valence-electron chi connectivity index (χ2n) is 4.60. The first-order valence-electron chi connectivity index (χ1n) is 6.87. The minimum Gasteiger partial charge on any atom is -0.380 e. The molecule has 0 aromatic rings. The van der Waals surface area contributed by atoms with Gasteiger partial charge in [0.2, 0.25) is 0 Å². The maximum absolute atomic E-state index is 5.67. The average Bonchev–Trinajstić information content (AvgIpc) is 2.36. The molecule has 3 nitrogen and oxygen atoms in total. The first-order chi connectivity index (χ1) is 8.72. The van der Waals surface area contributed by atoms with Crippen molar-refractivity contribution >= 4 is 34.4 Å². The van der Waals surface area contributed by atoms with Gasteiger partial charge in [0.05, 0.1) is 16.1 Å². The zero-order chi connectivity index (χ0) is 13.2. The minimum atomic E-state index is 0.335. The fraction of sp³-hybridized carbons (Fsp3) is 0.846. The highest BCUT2D eigenvalue weighted by Gasteiger charge is 2.15. The van der Waals surface area contributed by atoms with E-state index in [0.717, 1.165) is 55.4 Å². The van der Waals surface area contributed by atoms with Crippen LogP contribution in [0.3, 0.4) is 0 Å². The Labute approximate surface area is 121 Å². The quantitative estimate of drug-likeness (QED) is 0.556. The van der Waals surface area contributed by atoms with Crippen LogP contribution in [0.1, 0.15) is 45.4 Å². The summed E-state index contributed by atoms with van der Waals surface area (Å²) >= 11 is 10.5. The monoisotopic (exact) mass is 288 g/mol. The van der Waals surface area contributed by atoms with Crippen molar-refractivity contribution in [3.8, 4) is 0 Å². The van der Waals surface area contributed by atoms with Crippen molar-refractivity contribution in [2.75, 3.05) is 19.7 Å². The van der Waals surface area contributed by atoms with Gasteiger partial charge < -0.3 is 15.4 Å². The van der Waals surface area contributed by atoms with Crippen LogP contribution in [0, 0.1) is 0 Å². The molecule has 1 aliphatic heterocycles. The molecule has 2 N–H and O–H groups in total. The highest BCUT2D eigenvalue weighted by molar-refractivity contribution is 7.80. The van der Waals surface area contributed by atoms with E-state index in [2.05, 4.69) is 17.6 Å². The van der Waals surface area contributed by atoms with E-state index in [-0.39, 0.29) is 0 Å². The highest BCUT2D eigenvalue weighted by Crippen LogP contribution is 2.15. The summed E-state index contributed by atoms with van der Waals surface area (Å²) in [7, 11) is 0. The molecule has 0 aliphatic carbocycles. The number of thiocarbonyl (C=S) groups is 2. The molecule has 0 aromatic carbocycles. The normalized spacial score (nSPS) is 19.3. The third-order valence-corrected chi connectivity index (χ3v) is 3.62. The second kappa shape index (κ2) is 9.64. The molecule has 1 saturated heterocycles. The van der Waals surface area contributed by atoms with E-state index >= 15 is 0 Å². The summed E-state index contributed by atoms with van der Waals surface area (Å²) in [6.07, 6.45) is 6.76. The molecule has 1 rings (SSSR count). The summed E-state index contributed by atoms with van der Waals surface area (Å²) in [5.74, 6) is 0. The molecule has 1 aliphatic rings. The number of hydrogen-bond donors (Lipinski definition) is 2. The van der Waals surface area contributed by atoms with E-state index in [1.165, 1.54) is 12.8 Å². The van der Waals surface area contributed by atoms with E-state index in [4.69, 9.17) is 29.2 Å². The Bertz CT molecular complexity index is 266. The van der Waals surface area contributed by atoms with Crippen molar-refractivity contribution in [2.45, 2.75) is 51.6 Å². The van der Waals surface area contributed by atoms with Gasteiger partial charge in [-0.2, -0.15) is 0 Å². The van der Waals surface area contributed by atoms with Crippen molar-refractivity contribution in [1.29, 1.82) is 0 Å². The standard InChI is InChI=1S/C13H24N2OS2/c1-2-14-12(17)7-5-8-15-13(18)10-11-6-3-4-9-16-11/h11H,2-10H2,1H3,(H,14,17)(H,15,18). The molecule has 5 heteroatoms. The maximum atomic E-state index is 5.67. The summed E-state index contributed by atoms with van der Waals surface area (Å²) < 4.78 is 5.67. The van der Waals surface area contributed by atoms with Gasteiger partial charge in [0.15, 0.2) is 0 Å². The number of ether oxygens (including phenoxy) is 1. The van der Waals surface area contributed by atoms with Crippen LogP contribution >= 0.6 is 24.4 Å². The zero-order valence-electron chi connectivity index (χ0n) is 11.2. The topological polar surface area (TPSA) is 33.3 Å². The van der Waals surface area contributed by atoms with Gasteiger partial charge in [-0.1, -0.05) is 24.4 Å². The number of rotatable bonds is 7. The molecule has 0 saturated carbocycles. The first-order valence-corrected chi connectivity index (χ1v) is 7.69. The Hall–Kier alpha value is -0.260. The largest absolute Gasteiger partial charge is 0.380 e. The lowest BCUT2D eigenvalue weighted by atomic mass is 10.1. The summed E-state index contributed by atoms with van der Waals surface area (Å²) in [4.78, 5) is 1.87. The van der Waals surface area contributed by atoms with Gasteiger partial charge in [-0.25, -0.2) is 0 Å². The van der Waals surface area contributed by atoms with Gasteiger partial charge in [-0.05, 0) is 39.0 Å². The molecular formula is C13H24N2OS2. The van der Waals surface area contributed by atoms with Crippen molar-refractivity contribution in [3.05, 3.63) is 0 Å². The summed E-state index contributed by atoms with van der Waals surface area (Å²) in [5, 5.41) is 6.44. The summed E-state index contributed by atoms with van der Waals surface area (Å²) in [6.45, 7) is 4.76. The van der Waals surface area contributed by atoms with Crippen LogP contribution in [-0.4, -0.2) is 35.8 Å². The summed E-state index contributed by atoms with van der Waals surface area (Å²) in [6, 6.07) is 0. The van der Waals surface area contributed by atoms with Crippen LogP contribution in [0.4, 0.5) is 0 Å². The van der Waals surface area contributed by atoms with Crippen LogP contribution in [0.2, 0.25) is 0 Å². The van der Waals surface area contributed by atoms with Crippen LogP contribution < -0.4 is 10.6 Å². The smallest absolute Gasteiger partial charge is 0.0779 e. The van der Waals surface area contributed by atoms with Gasteiger partial charge in [0.25, 0.3) is 0 Å². The molecule has 1 fully saturated rings. The predicted molar refractivity (Wildman–Crippen MR) is 84.3 cm³/mol. The van der Waals surface area contributed by atoms with E-state index in [0.29, 0.717) is 6.10 Å². The number of hydrogen-bond acceptors (Lipinski definition) is 3. The van der Waals surface area contributed by atoms with Crippen LogP contribution in [0.25, 0.3) is 0 Å². The van der Waals surface area contributed by atoms with E-state index in [1.807, 2.05) is 0 Å². The van der Waals surface area contributed by atoms with Gasteiger partial charge in [-0.15, -0.1) is 0 Å². The minimum absolute atomic E-state index is 0.335. The predicted octanol–water partition coefficient (Wildman–Crippen LogP) is 2.58. The van der Waals surface area contributed by atoms with Crippen molar-refractivity contribution in [2.24, 2.45) is 0 Å². The van der Waals surface area contributed by atoms with E-state index < -0.39 is 0 Å². The summed E-state index contributed by atoms with van der Waals surface area (Å²) in [5.41, 5.74) is 0. The molecule has 18 heavy (non-hydrogen) atoms. The molecule has 0 radical (unpaired) electrons. The molecular weight excluding hydrogens is 264 g/mol. The second-order valence-corrected chi connectivity index (χ2v) is 5.59. The molecule has 0 bridgehead atoms. The SMILES string of the molecule is CCNC(=S)CCCNC(=S)CC1CCCCO1. The van der Waals surface area contributed by atoms with Crippen molar-refractivity contribution in [1.82, 2.24) is 10.6 Å². The Balaban J connectivity index is 2.01. The lowest BCUT2D eigenvalue weighted by Gasteiger charge is -2.23. The van der Waals surface area contributed by atoms with E-state index in [1.54, 1.807) is 0 Å². The first kappa shape index (κ1) is 15.8. The van der Waals surface area contributed by atoms with Gasteiger partial charge >= 0.3 is 0 Å². The molecule has 0 amide bonds. The Morgan fingerprint density at radius 3 is 2.72 bits per heavy atom. The lowest BCUT2D eigenvalue weighted by molar-refractivity contribution is 0.0210. The molecule has 1 unspecified atom stereocenters. The average molecular weight is 288 g/mol. The van der Waals surface area contributed by atoms with Crippen LogP contribution in [0.5, 0.6) is 0 Å². The van der Waals surface area contributed by atoms with Crippen LogP contribution in [0.15, 0.2) is 0 Å². The Morgan fingerprint density at radius 2 is 2.06 bits per heavy atom. The van der Waals surface area contributed by atoms with E-state index in [9.17, 15) is 0 Å². The number of nitrogens with one attached hydrogen (secondary N) is 2. The van der Waals surface area contributed by atoms with Gasteiger partial charge in [0, 0.05) is 26.1 Å². The molecule has 0 aromatic heterocycles. The fourth-order valence-corrected chi connectivity index (χ4v) is 2.59. The van der Waals surface area contributed by atoms with Crippen molar-refractivity contribution in [3.63, 3.8) is 0 Å². The third-order valence-electron chi connectivity index (χ3n) is 2.96. The van der Waals surface area contributed by atoms with Gasteiger partial charge in [-0.3, -0.25) is 0 Å². The Morgan fingerprint density at radius 1 is 1.22 bits per heavy atom. The third kappa shape index (κ3) is 7.24. The lowest BCUT2D eigenvalue weighted by Crippen LogP contribution is -2.30. The molecule has 1 atom stereocenters. The van der Waals surface area contributed by atoms with Gasteiger partial charge in [0.1, 0.15) is 0 Å². The van der Waals surface area contributed by atoms with Crippen molar-refractivity contribution < 1.29 is 4.74 Å². The van der Waals surface area contributed by atoms with Crippen LogP contribution in [-0.2, 0) is 4.74 Å². The maximum Gasteiger partial charge on any atom is 0.0779 e. The fourth-order valence-electron chi connectivity index (χ4n) is 2.01. The Kier molecular flexibility index (Phi) is 8.46. The molecule has 0 spiro atoms. The highest BCUT2D eigenvalue weighted by atomic mass is 32.1. The molecule has 1 heterocycles.